The second kappa shape index (κ2) is 12.4. The maximum Gasteiger partial charge on any atom is 0.266 e. The average molecular weight is 572 g/mol. The highest BCUT2D eigenvalue weighted by Crippen LogP contribution is 2.35. The monoisotopic (exact) mass is 570 g/mol. The smallest absolute Gasteiger partial charge is 0.266 e. The summed E-state index contributed by atoms with van der Waals surface area (Å²) in [5.41, 5.74) is 2.71. The van der Waals surface area contributed by atoms with E-state index in [1.807, 2.05) is 85.8 Å². The fourth-order valence-corrected chi connectivity index (χ4v) is 4.98. The van der Waals surface area contributed by atoms with Crippen LogP contribution in [0.3, 0.4) is 0 Å². The van der Waals surface area contributed by atoms with E-state index < -0.39 is 0 Å². The lowest BCUT2D eigenvalue weighted by Gasteiger charge is -2.15. The summed E-state index contributed by atoms with van der Waals surface area (Å²) in [7, 11) is 0. The van der Waals surface area contributed by atoms with Crippen molar-refractivity contribution in [2.75, 3.05) is 19.8 Å². The Hall–Kier alpha value is -2.58. The summed E-state index contributed by atoms with van der Waals surface area (Å²) in [6.45, 7) is 3.87. The van der Waals surface area contributed by atoms with Gasteiger partial charge in [-0.1, -0.05) is 48.0 Å². The first kappa shape index (κ1) is 25.5. The standard InChI is InChI=1S/C27H24BrClN2O3S/c1-2-33-15-14-31-26(32)25(35-27(31)30-22-6-4-3-5-7-22)17-20-10-13-24(23(28)16-20)34-18-19-8-11-21(29)12-9-19/h3-13,16-17H,2,14-15,18H2,1H3/b25-17-,30-27?. The Morgan fingerprint density at radius 2 is 1.86 bits per heavy atom. The SMILES string of the molecule is CCOCCN1C(=O)/C(=C/c2ccc(OCc3ccc(Cl)cc3)c(Br)c2)SC1=Nc1ccccc1. The molecule has 3 aromatic carbocycles. The number of nitrogens with zero attached hydrogens (tertiary/aromatic N) is 2. The van der Waals surface area contributed by atoms with Crippen LogP contribution in [0.5, 0.6) is 5.75 Å². The maximum atomic E-state index is 13.2. The maximum absolute atomic E-state index is 13.2. The molecule has 1 fully saturated rings. The minimum Gasteiger partial charge on any atom is -0.488 e. The lowest BCUT2D eigenvalue weighted by molar-refractivity contribution is -0.122. The van der Waals surface area contributed by atoms with E-state index >= 15 is 0 Å². The molecule has 1 saturated heterocycles. The van der Waals surface area contributed by atoms with Crippen LogP contribution >= 0.6 is 39.3 Å². The molecule has 1 aliphatic rings. The first-order chi connectivity index (χ1) is 17.0. The Bertz CT molecular complexity index is 1230. The van der Waals surface area contributed by atoms with Crippen molar-refractivity contribution in [1.29, 1.82) is 0 Å². The molecule has 0 aromatic heterocycles. The lowest BCUT2D eigenvalue weighted by Crippen LogP contribution is -2.32. The molecule has 35 heavy (non-hydrogen) atoms. The van der Waals surface area contributed by atoms with Crippen LogP contribution in [0.4, 0.5) is 5.69 Å². The van der Waals surface area contributed by atoms with Crippen molar-refractivity contribution in [3.8, 4) is 5.75 Å². The molecule has 8 heteroatoms. The zero-order valence-corrected chi connectivity index (χ0v) is 22.3. The van der Waals surface area contributed by atoms with Crippen LogP contribution in [0.1, 0.15) is 18.1 Å². The normalized spacial score (nSPS) is 15.9. The summed E-state index contributed by atoms with van der Waals surface area (Å²) in [6, 6.07) is 22.9. The van der Waals surface area contributed by atoms with Gasteiger partial charge in [0.2, 0.25) is 0 Å². The van der Waals surface area contributed by atoms with E-state index in [4.69, 9.17) is 26.1 Å². The molecule has 3 aromatic rings. The average Bonchev–Trinajstić information content (AvgIpc) is 3.14. The van der Waals surface area contributed by atoms with Crippen molar-refractivity contribution in [1.82, 2.24) is 4.90 Å². The van der Waals surface area contributed by atoms with Crippen molar-refractivity contribution >= 4 is 62.1 Å². The number of ether oxygens (including phenoxy) is 2. The van der Waals surface area contributed by atoms with Crippen molar-refractivity contribution < 1.29 is 14.3 Å². The van der Waals surface area contributed by atoms with E-state index in [-0.39, 0.29) is 5.91 Å². The molecular weight excluding hydrogens is 548 g/mol. The van der Waals surface area contributed by atoms with E-state index in [2.05, 4.69) is 15.9 Å². The molecule has 0 saturated carbocycles. The number of hydrogen-bond donors (Lipinski definition) is 0. The fourth-order valence-electron chi connectivity index (χ4n) is 3.32. The van der Waals surface area contributed by atoms with Crippen LogP contribution in [-0.2, 0) is 16.1 Å². The molecule has 1 heterocycles. The third-order valence-corrected chi connectivity index (χ3v) is 6.97. The summed E-state index contributed by atoms with van der Waals surface area (Å²) in [4.78, 5) is 20.2. The van der Waals surface area contributed by atoms with Gasteiger partial charge >= 0.3 is 0 Å². The molecule has 0 spiro atoms. The van der Waals surface area contributed by atoms with Crippen LogP contribution < -0.4 is 4.74 Å². The van der Waals surface area contributed by atoms with Gasteiger partial charge in [0.05, 0.1) is 28.2 Å². The number of carbonyl (C=O) groups is 1. The second-order valence-electron chi connectivity index (χ2n) is 7.60. The van der Waals surface area contributed by atoms with Gasteiger partial charge in [-0.05, 0) is 88.2 Å². The van der Waals surface area contributed by atoms with Gasteiger partial charge in [0.25, 0.3) is 5.91 Å². The molecule has 1 aliphatic heterocycles. The van der Waals surface area contributed by atoms with E-state index in [9.17, 15) is 4.79 Å². The van der Waals surface area contributed by atoms with Gasteiger partial charge in [0, 0.05) is 11.6 Å². The molecule has 4 rings (SSSR count). The first-order valence-corrected chi connectivity index (χ1v) is 13.1. The molecule has 0 unspecified atom stereocenters. The van der Waals surface area contributed by atoms with Crippen LogP contribution in [0, 0.1) is 0 Å². The van der Waals surface area contributed by atoms with Crippen LogP contribution in [-0.4, -0.2) is 35.7 Å². The van der Waals surface area contributed by atoms with Gasteiger partial charge in [0.15, 0.2) is 5.17 Å². The Kier molecular flexibility index (Phi) is 9.04. The highest BCUT2D eigenvalue weighted by Gasteiger charge is 2.33. The Morgan fingerprint density at radius 3 is 2.57 bits per heavy atom. The Labute approximate surface area is 222 Å². The van der Waals surface area contributed by atoms with Gasteiger partial charge in [-0.2, -0.15) is 0 Å². The van der Waals surface area contributed by atoms with E-state index in [0.29, 0.717) is 41.5 Å². The number of thioether (sulfide) groups is 1. The van der Waals surface area contributed by atoms with Gasteiger partial charge in [-0.15, -0.1) is 0 Å². The molecule has 0 N–H and O–H groups in total. The number of para-hydroxylation sites is 1. The van der Waals surface area contributed by atoms with Gasteiger partial charge in [-0.3, -0.25) is 9.69 Å². The number of amides is 1. The highest BCUT2D eigenvalue weighted by atomic mass is 79.9. The number of amidine groups is 1. The summed E-state index contributed by atoms with van der Waals surface area (Å²) in [5, 5.41) is 1.34. The largest absolute Gasteiger partial charge is 0.488 e. The van der Waals surface area contributed by atoms with Gasteiger partial charge in [0.1, 0.15) is 12.4 Å². The van der Waals surface area contributed by atoms with E-state index in [0.717, 1.165) is 27.0 Å². The predicted molar refractivity (Wildman–Crippen MR) is 147 cm³/mol. The molecule has 5 nitrogen and oxygen atoms in total. The first-order valence-electron chi connectivity index (χ1n) is 11.1. The lowest BCUT2D eigenvalue weighted by atomic mass is 10.2. The zero-order chi connectivity index (χ0) is 24.6. The van der Waals surface area contributed by atoms with Crippen molar-refractivity contribution in [3.63, 3.8) is 0 Å². The van der Waals surface area contributed by atoms with E-state index in [1.165, 1.54) is 11.8 Å². The quantitative estimate of drug-likeness (QED) is 0.199. The molecule has 1 amide bonds. The van der Waals surface area contributed by atoms with Crippen LogP contribution in [0.15, 0.2) is 87.2 Å². The topological polar surface area (TPSA) is 51.1 Å². The van der Waals surface area contributed by atoms with E-state index in [1.54, 1.807) is 4.90 Å². The fraction of sp³-hybridized carbons (Fsp3) is 0.185. The number of halogens is 2. The van der Waals surface area contributed by atoms with Gasteiger partial charge in [-0.25, -0.2) is 4.99 Å². The molecule has 0 bridgehead atoms. The minimum absolute atomic E-state index is 0.0800. The molecular formula is C27H24BrClN2O3S. The summed E-state index contributed by atoms with van der Waals surface area (Å²) >= 11 is 10.9. The molecule has 0 atom stereocenters. The highest BCUT2D eigenvalue weighted by molar-refractivity contribution is 9.10. The number of hydrogen-bond acceptors (Lipinski definition) is 5. The predicted octanol–water partition coefficient (Wildman–Crippen LogP) is 7.32. The molecule has 0 radical (unpaired) electrons. The van der Waals surface area contributed by atoms with Crippen molar-refractivity contribution in [3.05, 3.63) is 98.3 Å². The zero-order valence-electron chi connectivity index (χ0n) is 19.1. The molecule has 180 valence electrons. The Morgan fingerprint density at radius 1 is 1.09 bits per heavy atom. The summed E-state index contributed by atoms with van der Waals surface area (Å²) < 4.78 is 12.2. The van der Waals surface area contributed by atoms with Crippen LogP contribution in [0.25, 0.3) is 6.08 Å². The summed E-state index contributed by atoms with van der Waals surface area (Å²) in [5.74, 6) is 0.640. The second-order valence-corrected chi connectivity index (χ2v) is 9.90. The molecule has 0 aliphatic carbocycles. The van der Waals surface area contributed by atoms with Crippen molar-refractivity contribution in [2.24, 2.45) is 4.99 Å². The number of benzene rings is 3. The minimum atomic E-state index is -0.0800. The van der Waals surface area contributed by atoms with Crippen LogP contribution in [0.2, 0.25) is 5.02 Å². The number of carbonyl (C=O) groups excluding carboxylic acids is 1. The Balaban J connectivity index is 1.51. The third-order valence-electron chi connectivity index (χ3n) is 5.09. The summed E-state index contributed by atoms with van der Waals surface area (Å²) in [6.07, 6.45) is 1.88. The van der Waals surface area contributed by atoms with Crippen molar-refractivity contribution in [2.45, 2.75) is 13.5 Å². The number of aliphatic imine (C=N–C) groups is 1. The third kappa shape index (κ3) is 6.98. The van der Waals surface area contributed by atoms with Gasteiger partial charge < -0.3 is 9.47 Å². The number of rotatable bonds is 9.